The Labute approximate surface area is 108 Å². The molecule has 0 aliphatic carbocycles. The number of rotatable bonds is 3. The fourth-order valence-electron chi connectivity index (χ4n) is 1.27. The molecule has 0 aromatic heterocycles. The standard InChI is InChI=1S/C6H7NO9S3/c7-3-1-2-4(17(8,9)10)6(19(14,15)16)5(3)18(11,12)13/h1-2H,7H2,(H,8,9,10)(H,11,12,13)(H,14,15,16). The molecule has 0 atom stereocenters. The van der Waals surface area contributed by atoms with Crippen molar-refractivity contribution in [1.82, 2.24) is 0 Å². The van der Waals surface area contributed by atoms with Gasteiger partial charge in [0.15, 0.2) is 0 Å². The number of hydrogen-bond donors (Lipinski definition) is 4. The second-order valence-electron chi connectivity index (χ2n) is 3.24. The molecule has 0 aliphatic rings. The van der Waals surface area contributed by atoms with E-state index >= 15 is 0 Å². The van der Waals surface area contributed by atoms with Crippen molar-refractivity contribution in [2.24, 2.45) is 0 Å². The summed E-state index contributed by atoms with van der Waals surface area (Å²) in [5, 5.41) is 0. The third-order valence-electron chi connectivity index (χ3n) is 1.90. The second-order valence-corrected chi connectivity index (χ2v) is 7.34. The van der Waals surface area contributed by atoms with Crippen LogP contribution in [0.3, 0.4) is 0 Å². The molecule has 5 N–H and O–H groups in total. The minimum absolute atomic E-state index is 0.461. The maximum atomic E-state index is 11.1. The number of nitrogens with two attached hydrogens (primary N) is 1. The van der Waals surface area contributed by atoms with Crippen LogP contribution < -0.4 is 5.73 Å². The van der Waals surface area contributed by atoms with E-state index in [-0.39, 0.29) is 0 Å². The monoisotopic (exact) mass is 333 g/mol. The lowest BCUT2D eigenvalue weighted by Crippen LogP contribution is -2.16. The molecule has 0 saturated heterocycles. The molecule has 1 aromatic rings. The fourth-order valence-corrected chi connectivity index (χ4v) is 4.56. The Morgan fingerprint density at radius 2 is 1.16 bits per heavy atom. The number of nitrogen functional groups attached to an aromatic ring is 1. The summed E-state index contributed by atoms with van der Waals surface area (Å²) in [5.41, 5.74) is 4.29. The summed E-state index contributed by atoms with van der Waals surface area (Å²) in [6.45, 7) is 0. The average Bonchev–Trinajstić information content (AvgIpc) is 2.11. The van der Waals surface area contributed by atoms with Crippen LogP contribution in [-0.4, -0.2) is 38.9 Å². The molecule has 19 heavy (non-hydrogen) atoms. The first-order chi connectivity index (χ1) is 8.26. The van der Waals surface area contributed by atoms with E-state index in [0.717, 1.165) is 0 Å². The van der Waals surface area contributed by atoms with Gasteiger partial charge < -0.3 is 5.73 Å². The van der Waals surface area contributed by atoms with Crippen LogP contribution >= 0.6 is 0 Å². The van der Waals surface area contributed by atoms with Crippen molar-refractivity contribution in [3.8, 4) is 0 Å². The first-order valence-electron chi connectivity index (χ1n) is 4.11. The van der Waals surface area contributed by atoms with Gasteiger partial charge in [0.25, 0.3) is 30.4 Å². The first-order valence-corrected chi connectivity index (χ1v) is 8.43. The van der Waals surface area contributed by atoms with E-state index in [2.05, 4.69) is 0 Å². The van der Waals surface area contributed by atoms with E-state index in [9.17, 15) is 25.3 Å². The largest absolute Gasteiger partial charge is 0.398 e. The van der Waals surface area contributed by atoms with Crippen LogP contribution in [0.25, 0.3) is 0 Å². The Morgan fingerprint density at radius 3 is 1.47 bits per heavy atom. The lowest BCUT2D eigenvalue weighted by atomic mass is 10.3. The molecular weight excluding hydrogens is 326 g/mol. The zero-order valence-corrected chi connectivity index (χ0v) is 11.2. The van der Waals surface area contributed by atoms with Crippen molar-refractivity contribution in [3.05, 3.63) is 12.1 Å². The smallest absolute Gasteiger partial charge is 0.298 e. The normalized spacial score (nSPS) is 13.4. The molecule has 0 aliphatic heterocycles. The highest BCUT2D eigenvalue weighted by atomic mass is 32.2. The minimum Gasteiger partial charge on any atom is -0.398 e. The van der Waals surface area contributed by atoms with E-state index in [4.69, 9.17) is 19.4 Å². The van der Waals surface area contributed by atoms with Crippen molar-refractivity contribution in [1.29, 1.82) is 0 Å². The average molecular weight is 333 g/mol. The lowest BCUT2D eigenvalue weighted by Gasteiger charge is -2.10. The maximum absolute atomic E-state index is 11.1. The molecule has 1 aromatic carbocycles. The molecule has 0 amide bonds. The third kappa shape index (κ3) is 3.20. The third-order valence-corrected chi connectivity index (χ3v) is 4.95. The molecule has 0 bridgehead atoms. The van der Waals surface area contributed by atoms with Gasteiger partial charge in [-0.1, -0.05) is 0 Å². The molecule has 0 saturated carbocycles. The van der Waals surface area contributed by atoms with Crippen molar-refractivity contribution in [2.75, 3.05) is 5.73 Å². The van der Waals surface area contributed by atoms with Crippen LogP contribution in [-0.2, 0) is 30.4 Å². The van der Waals surface area contributed by atoms with Crippen LogP contribution in [0, 0.1) is 0 Å². The summed E-state index contributed by atoms with van der Waals surface area (Å²) in [4.78, 5) is -4.69. The molecule has 1 rings (SSSR count). The molecule has 10 nitrogen and oxygen atoms in total. The van der Waals surface area contributed by atoms with Gasteiger partial charge in [-0.2, -0.15) is 25.3 Å². The summed E-state index contributed by atoms with van der Waals surface area (Å²) in [6.07, 6.45) is 0. The van der Waals surface area contributed by atoms with Crippen molar-refractivity contribution in [2.45, 2.75) is 14.7 Å². The van der Waals surface area contributed by atoms with Gasteiger partial charge in [-0.05, 0) is 12.1 Å². The summed E-state index contributed by atoms with van der Waals surface area (Å²) in [7, 11) is -15.9. The Hall–Kier alpha value is -1.25. The predicted octanol–water partition coefficient (Wildman–Crippen LogP) is -0.991. The van der Waals surface area contributed by atoms with Gasteiger partial charge in [0.2, 0.25) is 0 Å². The van der Waals surface area contributed by atoms with Gasteiger partial charge in [-0.3, -0.25) is 13.7 Å². The van der Waals surface area contributed by atoms with Crippen LogP contribution in [0.15, 0.2) is 26.8 Å². The maximum Gasteiger partial charge on any atom is 0.298 e. The second kappa shape index (κ2) is 4.39. The molecule has 0 radical (unpaired) electrons. The van der Waals surface area contributed by atoms with E-state index < -0.39 is 50.7 Å². The van der Waals surface area contributed by atoms with Gasteiger partial charge in [0.1, 0.15) is 14.7 Å². The molecule has 108 valence electrons. The molecule has 0 fully saturated rings. The van der Waals surface area contributed by atoms with Gasteiger partial charge in [0, 0.05) is 0 Å². The summed E-state index contributed by atoms with van der Waals surface area (Å²) < 4.78 is 92.6. The highest BCUT2D eigenvalue weighted by Crippen LogP contribution is 2.32. The van der Waals surface area contributed by atoms with E-state index in [1.807, 2.05) is 0 Å². The highest BCUT2D eigenvalue weighted by molar-refractivity contribution is 7.90. The molecule has 13 heteroatoms. The highest BCUT2D eigenvalue weighted by Gasteiger charge is 2.34. The number of benzene rings is 1. The lowest BCUT2D eigenvalue weighted by molar-refractivity contribution is 0.456. The predicted molar refractivity (Wildman–Crippen MR) is 60.3 cm³/mol. The van der Waals surface area contributed by atoms with Crippen molar-refractivity contribution < 1.29 is 38.9 Å². The first kappa shape index (κ1) is 15.8. The molecular formula is C6H7NO9S3. The summed E-state index contributed by atoms with van der Waals surface area (Å²) >= 11 is 0. The zero-order valence-electron chi connectivity index (χ0n) is 8.75. The van der Waals surface area contributed by atoms with Crippen molar-refractivity contribution >= 4 is 36.0 Å². The van der Waals surface area contributed by atoms with Gasteiger partial charge in [-0.15, -0.1) is 0 Å². The SMILES string of the molecule is Nc1ccc(S(=O)(=O)O)c(S(=O)(=O)O)c1S(=O)(=O)O. The van der Waals surface area contributed by atoms with Crippen molar-refractivity contribution in [3.63, 3.8) is 0 Å². The summed E-state index contributed by atoms with van der Waals surface area (Å²) in [5.74, 6) is 0. The molecule has 0 spiro atoms. The quantitative estimate of drug-likeness (QED) is 0.394. The van der Waals surface area contributed by atoms with Crippen LogP contribution in [0.4, 0.5) is 5.69 Å². The summed E-state index contributed by atoms with van der Waals surface area (Å²) in [6, 6.07) is 1.09. The van der Waals surface area contributed by atoms with E-state index in [1.165, 1.54) is 0 Å². The molecule has 0 unspecified atom stereocenters. The number of hydrogen-bond acceptors (Lipinski definition) is 7. The van der Waals surface area contributed by atoms with E-state index in [0.29, 0.717) is 12.1 Å². The van der Waals surface area contributed by atoms with Crippen LogP contribution in [0.5, 0.6) is 0 Å². The van der Waals surface area contributed by atoms with Gasteiger partial charge in [-0.25, -0.2) is 0 Å². The van der Waals surface area contributed by atoms with Gasteiger partial charge in [0.05, 0.1) is 5.69 Å². The zero-order chi connectivity index (χ0) is 15.2. The Kier molecular flexibility index (Phi) is 3.66. The van der Waals surface area contributed by atoms with Crippen LogP contribution in [0.2, 0.25) is 0 Å². The molecule has 0 heterocycles. The van der Waals surface area contributed by atoms with E-state index in [1.54, 1.807) is 0 Å². The minimum atomic E-state index is -5.41. The Morgan fingerprint density at radius 1 is 0.737 bits per heavy atom. The Bertz CT molecular complexity index is 834. The van der Waals surface area contributed by atoms with Gasteiger partial charge >= 0.3 is 0 Å². The Balaban J connectivity index is 4.18. The number of anilines is 1. The fraction of sp³-hybridized carbons (Fsp3) is 0. The van der Waals surface area contributed by atoms with Crippen LogP contribution in [0.1, 0.15) is 0 Å². The topological polar surface area (TPSA) is 189 Å².